The van der Waals surface area contributed by atoms with Gasteiger partial charge in [0.1, 0.15) is 0 Å². The van der Waals surface area contributed by atoms with Gasteiger partial charge in [0.05, 0.1) is 5.39 Å². The van der Waals surface area contributed by atoms with Gasteiger partial charge >= 0.3 is 0 Å². The standard InChI is InChI=1S/C15H19N3O2/c1-4-12(9(2)3)16-15(20)13-10-7-5-6-8-11(10)14(19)18-17-13/h5-9,12H,4H2,1-3H3,(H,16,20)(H,18,19). The molecule has 1 aromatic heterocycles. The third-order valence-corrected chi connectivity index (χ3v) is 3.47. The minimum atomic E-state index is -0.284. The van der Waals surface area contributed by atoms with E-state index in [1.807, 2.05) is 6.92 Å². The quantitative estimate of drug-likeness (QED) is 0.895. The maximum Gasteiger partial charge on any atom is 0.272 e. The highest BCUT2D eigenvalue weighted by Gasteiger charge is 2.18. The lowest BCUT2D eigenvalue weighted by molar-refractivity contribution is 0.0920. The molecule has 106 valence electrons. The molecule has 0 saturated carbocycles. The van der Waals surface area contributed by atoms with Gasteiger partial charge in [0.15, 0.2) is 5.69 Å². The van der Waals surface area contributed by atoms with Gasteiger partial charge in [0, 0.05) is 11.4 Å². The molecule has 0 fully saturated rings. The lowest BCUT2D eigenvalue weighted by Gasteiger charge is -2.20. The van der Waals surface area contributed by atoms with Crippen LogP contribution in [-0.2, 0) is 0 Å². The van der Waals surface area contributed by atoms with Crippen molar-refractivity contribution >= 4 is 16.7 Å². The first-order chi connectivity index (χ1) is 9.54. The molecule has 0 saturated heterocycles. The fraction of sp³-hybridized carbons (Fsp3) is 0.400. The molecule has 5 heteroatoms. The Morgan fingerprint density at radius 3 is 2.55 bits per heavy atom. The molecule has 0 aliphatic rings. The number of fused-ring (bicyclic) bond motifs is 1. The van der Waals surface area contributed by atoms with Crippen molar-refractivity contribution in [1.29, 1.82) is 0 Å². The summed E-state index contributed by atoms with van der Waals surface area (Å²) in [7, 11) is 0. The van der Waals surface area contributed by atoms with Crippen LogP contribution in [0.15, 0.2) is 29.1 Å². The van der Waals surface area contributed by atoms with Crippen molar-refractivity contribution in [2.75, 3.05) is 0 Å². The molecule has 2 aromatic rings. The second kappa shape index (κ2) is 5.86. The van der Waals surface area contributed by atoms with Crippen molar-refractivity contribution in [2.24, 2.45) is 5.92 Å². The Bertz CT molecular complexity index is 676. The number of carbonyl (C=O) groups is 1. The molecule has 0 aliphatic carbocycles. The number of hydrogen-bond donors (Lipinski definition) is 2. The smallest absolute Gasteiger partial charge is 0.272 e. The van der Waals surface area contributed by atoms with E-state index in [4.69, 9.17) is 0 Å². The van der Waals surface area contributed by atoms with Gasteiger partial charge in [0.2, 0.25) is 0 Å². The van der Waals surface area contributed by atoms with Crippen molar-refractivity contribution < 1.29 is 4.79 Å². The lowest BCUT2D eigenvalue weighted by Crippen LogP contribution is -2.38. The maximum absolute atomic E-state index is 12.3. The van der Waals surface area contributed by atoms with Crippen LogP contribution in [0.3, 0.4) is 0 Å². The minimum absolute atomic E-state index is 0.0926. The van der Waals surface area contributed by atoms with Crippen LogP contribution in [0.4, 0.5) is 0 Å². The normalized spacial score (nSPS) is 12.6. The summed E-state index contributed by atoms with van der Waals surface area (Å²) in [4.78, 5) is 24.0. The van der Waals surface area contributed by atoms with E-state index in [-0.39, 0.29) is 23.2 Å². The number of rotatable bonds is 4. The summed E-state index contributed by atoms with van der Waals surface area (Å²) in [6.45, 7) is 6.16. The van der Waals surface area contributed by atoms with Crippen molar-refractivity contribution in [1.82, 2.24) is 15.5 Å². The first kappa shape index (κ1) is 14.2. The molecule has 2 rings (SSSR count). The van der Waals surface area contributed by atoms with Gasteiger partial charge in [0.25, 0.3) is 11.5 Å². The fourth-order valence-electron chi connectivity index (χ4n) is 2.26. The lowest BCUT2D eigenvalue weighted by atomic mass is 10.0. The Morgan fingerprint density at radius 1 is 1.30 bits per heavy atom. The molecule has 5 nitrogen and oxygen atoms in total. The monoisotopic (exact) mass is 273 g/mol. The number of nitrogens with one attached hydrogen (secondary N) is 2. The number of carbonyl (C=O) groups excluding carboxylic acids is 1. The highest BCUT2D eigenvalue weighted by atomic mass is 16.2. The largest absolute Gasteiger partial charge is 0.348 e. The molecule has 0 bridgehead atoms. The Hall–Kier alpha value is -2.17. The number of hydrogen-bond acceptors (Lipinski definition) is 3. The summed E-state index contributed by atoms with van der Waals surface area (Å²) in [6, 6.07) is 7.08. The first-order valence-electron chi connectivity index (χ1n) is 6.82. The van der Waals surface area contributed by atoms with Gasteiger partial charge in [-0.25, -0.2) is 5.10 Å². The van der Waals surface area contributed by atoms with Crippen LogP contribution in [0.5, 0.6) is 0 Å². The van der Waals surface area contributed by atoms with Crippen LogP contribution < -0.4 is 10.9 Å². The summed E-state index contributed by atoms with van der Waals surface area (Å²) in [5.41, 5.74) is -0.0210. The maximum atomic E-state index is 12.3. The number of benzene rings is 1. The number of aromatic amines is 1. The Labute approximate surface area is 117 Å². The molecule has 0 spiro atoms. The van der Waals surface area contributed by atoms with Crippen molar-refractivity contribution in [2.45, 2.75) is 33.2 Å². The van der Waals surface area contributed by atoms with E-state index in [1.165, 1.54) is 0 Å². The third-order valence-electron chi connectivity index (χ3n) is 3.47. The molecule has 1 atom stereocenters. The molecule has 1 unspecified atom stereocenters. The molecule has 0 aliphatic heterocycles. The van der Waals surface area contributed by atoms with E-state index in [0.717, 1.165) is 6.42 Å². The van der Waals surface area contributed by atoms with E-state index < -0.39 is 0 Å². The number of aromatic nitrogens is 2. The van der Waals surface area contributed by atoms with Gasteiger partial charge in [-0.05, 0) is 18.4 Å². The highest BCUT2D eigenvalue weighted by molar-refractivity contribution is 6.04. The predicted octanol–water partition coefficient (Wildman–Crippen LogP) is 2.09. The Kier molecular flexibility index (Phi) is 4.17. The van der Waals surface area contributed by atoms with E-state index in [2.05, 4.69) is 29.4 Å². The van der Waals surface area contributed by atoms with Crippen LogP contribution in [0.2, 0.25) is 0 Å². The molecule has 0 radical (unpaired) electrons. The Morgan fingerprint density at radius 2 is 1.95 bits per heavy atom. The zero-order valence-corrected chi connectivity index (χ0v) is 11.9. The van der Waals surface area contributed by atoms with E-state index in [0.29, 0.717) is 16.7 Å². The minimum Gasteiger partial charge on any atom is -0.348 e. The average Bonchev–Trinajstić information content (AvgIpc) is 2.45. The average molecular weight is 273 g/mol. The molecule has 20 heavy (non-hydrogen) atoms. The summed E-state index contributed by atoms with van der Waals surface area (Å²) < 4.78 is 0. The van der Waals surface area contributed by atoms with Crippen molar-refractivity contribution in [3.05, 3.63) is 40.3 Å². The fourth-order valence-corrected chi connectivity index (χ4v) is 2.26. The van der Waals surface area contributed by atoms with Gasteiger partial charge in [-0.15, -0.1) is 0 Å². The zero-order valence-electron chi connectivity index (χ0n) is 11.9. The van der Waals surface area contributed by atoms with Gasteiger partial charge in [-0.1, -0.05) is 39.0 Å². The van der Waals surface area contributed by atoms with Crippen LogP contribution in [0, 0.1) is 5.92 Å². The number of nitrogens with zero attached hydrogens (tertiary/aromatic N) is 1. The number of amides is 1. The molecule has 1 aromatic carbocycles. The van der Waals surface area contributed by atoms with Crippen LogP contribution in [0.1, 0.15) is 37.7 Å². The molecule has 1 amide bonds. The number of H-pyrrole nitrogens is 1. The second-order valence-corrected chi connectivity index (χ2v) is 5.18. The van der Waals surface area contributed by atoms with Crippen molar-refractivity contribution in [3.63, 3.8) is 0 Å². The molecular weight excluding hydrogens is 254 g/mol. The zero-order chi connectivity index (χ0) is 14.7. The van der Waals surface area contributed by atoms with Gasteiger partial charge in [-0.3, -0.25) is 9.59 Å². The van der Waals surface area contributed by atoms with Crippen LogP contribution in [0.25, 0.3) is 10.8 Å². The molecule has 2 N–H and O–H groups in total. The molecular formula is C15H19N3O2. The van der Waals surface area contributed by atoms with Gasteiger partial charge < -0.3 is 5.32 Å². The topological polar surface area (TPSA) is 74.8 Å². The van der Waals surface area contributed by atoms with Crippen LogP contribution in [-0.4, -0.2) is 22.1 Å². The Balaban J connectivity index is 2.41. The summed E-state index contributed by atoms with van der Waals surface area (Å²) >= 11 is 0. The predicted molar refractivity (Wildman–Crippen MR) is 78.7 cm³/mol. The second-order valence-electron chi connectivity index (χ2n) is 5.18. The van der Waals surface area contributed by atoms with E-state index >= 15 is 0 Å². The summed E-state index contributed by atoms with van der Waals surface area (Å²) in [6.07, 6.45) is 0.852. The van der Waals surface area contributed by atoms with E-state index in [1.54, 1.807) is 24.3 Å². The first-order valence-corrected chi connectivity index (χ1v) is 6.82. The SMILES string of the molecule is CCC(NC(=O)c1n[nH]c(=O)c2ccccc12)C(C)C. The van der Waals surface area contributed by atoms with Crippen molar-refractivity contribution in [3.8, 4) is 0 Å². The molecule has 1 heterocycles. The highest BCUT2D eigenvalue weighted by Crippen LogP contribution is 2.13. The van der Waals surface area contributed by atoms with Gasteiger partial charge in [-0.2, -0.15) is 5.10 Å². The summed E-state index contributed by atoms with van der Waals surface area (Å²) in [5, 5.41) is 10.3. The summed E-state index contributed by atoms with van der Waals surface area (Å²) in [5.74, 6) is 0.0935. The van der Waals surface area contributed by atoms with E-state index in [9.17, 15) is 9.59 Å². The third kappa shape index (κ3) is 2.71. The van der Waals surface area contributed by atoms with Crippen LogP contribution >= 0.6 is 0 Å².